The van der Waals surface area contributed by atoms with E-state index in [-0.39, 0.29) is 30.3 Å². The molecule has 0 aliphatic heterocycles. The predicted molar refractivity (Wildman–Crippen MR) is 130 cm³/mol. The molecule has 1 aromatic heterocycles. The van der Waals surface area contributed by atoms with E-state index in [1.165, 1.54) is 23.5 Å². The summed E-state index contributed by atoms with van der Waals surface area (Å²) in [5, 5.41) is 11.4. The van der Waals surface area contributed by atoms with E-state index in [9.17, 15) is 14.0 Å². The first-order valence-corrected chi connectivity index (χ1v) is 12.2. The number of carbonyl (C=O) groups is 2. The largest absolute Gasteiger partial charge is 0.486 e. The first kappa shape index (κ1) is 24.0. The van der Waals surface area contributed by atoms with Gasteiger partial charge in [0.25, 0.3) is 5.91 Å². The van der Waals surface area contributed by atoms with Crippen molar-refractivity contribution >= 4 is 40.6 Å². The van der Waals surface area contributed by atoms with Crippen LogP contribution in [0.5, 0.6) is 5.75 Å². The van der Waals surface area contributed by atoms with Crippen LogP contribution in [0.15, 0.2) is 53.9 Å². The molecule has 0 radical (unpaired) electrons. The van der Waals surface area contributed by atoms with Gasteiger partial charge in [0.15, 0.2) is 0 Å². The number of anilines is 1. The van der Waals surface area contributed by atoms with Gasteiger partial charge < -0.3 is 20.7 Å². The molecule has 3 amide bonds. The number of halogens is 2. The van der Waals surface area contributed by atoms with Crippen molar-refractivity contribution in [2.45, 2.75) is 44.4 Å². The SMILES string of the molecule is O=C(Nc1ccccc1F)N[C@H]1CCCC[C@@H]1NC(=O)c1csc(COc2ccc(Cl)cc2)n1. The van der Waals surface area contributed by atoms with Crippen molar-refractivity contribution in [1.29, 1.82) is 0 Å². The predicted octanol–water partition coefficient (Wildman–Crippen LogP) is 5.38. The van der Waals surface area contributed by atoms with Crippen molar-refractivity contribution in [2.24, 2.45) is 0 Å². The highest BCUT2D eigenvalue weighted by Gasteiger charge is 2.29. The molecule has 7 nitrogen and oxygen atoms in total. The van der Waals surface area contributed by atoms with Gasteiger partial charge in [0.05, 0.1) is 11.7 Å². The van der Waals surface area contributed by atoms with E-state index in [1.807, 2.05) is 0 Å². The Balaban J connectivity index is 1.31. The molecule has 1 heterocycles. The summed E-state index contributed by atoms with van der Waals surface area (Å²) in [6.45, 7) is 0.239. The average Bonchev–Trinajstić information content (AvgIpc) is 3.31. The van der Waals surface area contributed by atoms with Crippen LogP contribution < -0.4 is 20.7 Å². The molecule has 3 N–H and O–H groups in total. The number of ether oxygens (including phenoxy) is 1. The summed E-state index contributed by atoms with van der Waals surface area (Å²) in [6, 6.07) is 12.0. The Morgan fingerprint density at radius 3 is 2.50 bits per heavy atom. The molecule has 0 bridgehead atoms. The minimum Gasteiger partial charge on any atom is -0.486 e. The topological polar surface area (TPSA) is 92.4 Å². The third kappa shape index (κ3) is 6.45. The number of benzene rings is 2. The Kier molecular flexibility index (Phi) is 7.97. The van der Waals surface area contributed by atoms with Crippen LogP contribution in [0.1, 0.15) is 41.2 Å². The minimum absolute atomic E-state index is 0.104. The number of hydrogen-bond donors (Lipinski definition) is 3. The highest BCUT2D eigenvalue weighted by atomic mass is 35.5. The molecule has 3 aromatic rings. The number of thiazole rings is 1. The van der Waals surface area contributed by atoms with Crippen molar-refractivity contribution in [3.8, 4) is 5.75 Å². The van der Waals surface area contributed by atoms with Crippen molar-refractivity contribution in [1.82, 2.24) is 15.6 Å². The van der Waals surface area contributed by atoms with Crippen molar-refractivity contribution in [2.75, 3.05) is 5.32 Å². The lowest BCUT2D eigenvalue weighted by molar-refractivity contribution is 0.0911. The van der Waals surface area contributed by atoms with Gasteiger partial charge in [-0.2, -0.15) is 0 Å². The first-order chi connectivity index (χ1) is 16.5. The number of hydrogen-bond acceptors (Lipinski definition) is 5. The number of urea groups is 1. The van der Waals surface area contributed by atoms with Crippen molar-refractivity contribution < 1.29 is 18.7 Å². The summed E-state index contributed by atoms with van der Waals surface area (Å²) in [5.41, 5.74) is 0.409. The summed E-state index contributed by atoms with van der Waals surface area (Å²) < 4.78 is 19.5. The van der Waals surface area contributed by atoms with Crippen LogP contribution in [0.25, 0.3) is 0 Å². The molecule has 1 aliphatic rings. The lowest BCUT2D eigenvalue weighted by atomic mass is 9.90. The molecule has 2 atom stereocenters. The maximum Gasteiger partial charge on any atom is 0.319 e. The summed E-state index contributed by atoms with van der Waals surface area (Å²) in [5.74, 6) is -0.150. The number of para-hydroxylation sites is 1. The second-order valence-corrected chi connectivity index (χ2v) is 9.30. The van der Waals surface area contributed by atoms with Gasteiger partial charge in [-0.25, -0.2) is 14.2 Å². The Morgan fingerprint density at radius 2 is 1.76 bits per heavy atom. The summed E-state index contributed by atoms with van der Waals surface area (Å²) in [6.07, 6.45) is 3.31. The zero-order valence-corrected chi connectivity index (χ0v) is 19.8. The zero-order chi connectivity index (χ0) is 23.9. The Labute approximate surface area is 205 Å². The fourth-order valence-corrected chi connectivity index (χ4v) is 4.58. The number of aromatic nitrogens is 1. The molecule has 1 aliphatic carbocycles. The number of amides is 3. The van der Waals surface area contributed by atoms with Crippen molar-refractivity contribution in [3.63, 3.8) is 0 Å². The molecular formula is C24H24ClFN4O3S. The standard InChI is InChI=1S/C24H24ClFN4O3S/c25-15-9-11-16(12-10-15)33-13-22-27-21(14-34-22)23(31)28-19-7-3-4-8-20(19)30-24(32)29-18-6-2-1-5-17(18)26/h1-2,5-6,9-12,14,19-20H,3-4,7-8,13H2,(H,28,31)(H2,29,30,32)/t19-,20-/m0/s1. The third-order valence-electron chi connectivity index (χ3n) is 5.48. The van der Waals surface area contributed by atoms with Gasteiger partial charge in [-0.1, -0.05) is 36.6 Å². The Hall–Kier alpha value is -3.17. The van der Waals surface area contributed by atoms with Gasteiger partial charge in [0, 0.05) is 16.4 Å². The number of carbonyl (C=O) groups excluding carboxylic acids is 2. The quantitative estimate of drug-likeness (QED) is 0.404. The van der Waals surface area contributed by atoms with E-state index in [1.54, 1.807) is 41.8 Å². The maximum atomic E-state index is 13.8. The molecule has 178 valence electrons. The number of rotatable bonds is 7. The lowest BCUT2D eigenvalue weighted by Gasteiger charge is -2.32. The highest BCUT2D eigenvalue weighted by molar-refractivity contribution is 7.09. The molecule has 1 fully saturated rings. The van der Waals surface area contributed by atoms with Gasteiger partial charge in [0.2, 0.25) is 0 Å². The first-order valence-electron chi connectivity index (χ1n) is 10.9. The van der Waals surface area contributed by atoms with Gasteiger partial charge in [-0.05, 0) is 49.2 Å². The van der Waals surface area contributed by atoms with Crippen LogP contribution in [0, 0.1) is 5.82 Å². The summed E-state index contributed by atoms with van der Waals surface area (Å²) in [4.78, 5) is 29.6. The van der Waals surface area contributed by atoms with Crippen molar-refractivity contribution in [3.05, 3.63) is 75.5 Å². The molecular weight excluding hydrogens is 479 g/mol. The van der Waals surface area contributed by atoms with Crippen LogP contribution in [-0.2, 0) is 6.61 Å². The molecule has 0 unspecified atom stereocenters. The molecule has 4 rings (SSSR count). The van der Waals surface area contributed by atoms with Gasteiger partial charge >= 0.3 is 6.03 Å². The number of nitrogens with one attached hydrogen (secondary N) is 3. The average molecular weight is 503 g/mol. The molecule has 0 spiro atoms. The Morgan fingerprint density at radius 1 is 1.06 bits per heavy atom. The van der Waals surface area contributed by atoms with Gasteiger partial charge in [-0.3, -0.25) is 4.79 Å². The second kappa shape index (κ2) is 11.3. The smallest absolute Gasteiger partial charge is 0.319 e. The molecule has 34 heavy (non-hydrogen) atoms. The van der Waals surface area contributed by atoms with E-state index >= 15 is 0 Å². The van der Waals surface area contributed by atoms with E-state index in [0.717, 1.165) is 19.3 Å². The second-order valence-electron chi connectivity index (χ2n) is 7.92. The summed E-state index contributed by atoms with van der Waals surface area (Å²) in [7, 11) is 0. The maximum absolute atomic E-state index is 13.8. The lowest BCUT2D eigenvalue weighted by Crippen LogP contribution is -2.54. The van der Waals surface area contributed by atoms with Crippen LogP contribution in [0.4, 0.5) is 14.9 Å². The summed E-state index contributed by atoms with van der Waals surface area (Å²) >= 11 is 7.21. The van der Waals surface area contributed by atoms with Gasteiger partial charge in [-0.15, -0.1) is 11.3 Å². The fraction of sp³-hybridized carbons (Fsp3) is 0.292. The molecule has 1 saturated carbocycles. The third-order valence-corrected chi connectivity index (χ3v) is 6.56. The molecule has 0 saturated heterocycles. The molecule has 2 aromatic carbocycles. The number of nitrogens with zero attached hydrogens (tertiary/aromatic N) is 1. The minimum atomic E-state index is -0.509. The van der Waals surface area contributed by atoms with Crippen LogP contribution in [0.2, 0.25) is 5.02 Å². The Bertz CT molecular complexity index is 1140. The van der Waals surface area contributed by atoms with E-state index in [0.29, 0.717) is 27.9 Å². The van der Waals surface area contributed by atoms with E-state index in [2.05, 4.69) is 20.9 Å². The highest BCUT2D eigenvalue weighted by Crippen LogP contribution is 2.21. The monoisotopic (exact) mass is 502 g/mol. The normalized spacial score (nSPS) is 17.6. The fourth-order valence-electron chi connectivity index (χ4n) is 3.77. The van der Waals surface area contributed by atoms with E-state index in [4.69, 9.17) is 16.3 Å². The van der Waals surface area contributed by atoms with Crippen LogP contribution >= 0.6 is 22.9 Å². The van der Waals surface area contributed by atoms with Crippen LogP contribution in [0.3, 0.4) is 0 Å². The van der Waals surface area contributed by atoms with Crippen LogP contribution in [-0.4, -0.2) is 29.0 Å². The van der Waals surface area contributed by atoms with E-state index < -0.39 is 11.8 Å². The zero-order valence-electron chi connectivity index (χ0n) is 18.2. The van der Waals surface area contributed by atoms with Gasteiger partial charge in [0.1, 0.15) is 28.9 Å². The molecule has 10 heteroatoms.